The Morgan fingerprint density at radius 2 is 1.61 bits per heavy atom. The molecule has 0 saturated carbocycles. The molecule has 1 unspecified atom stereocenters. The van der Waals surface area contributed by atoms with Gasteiger partial charge in [0.2, 0.25) is 6.54 Å². The summed E-state index contributed by atoms with van der Waals surface area (Å²) in [6.07, 6.45) is 10.3. The highest BCUT2D eigenvalue weighted by atomic mass is 32.2. The largest absolute Gasteiger partial charge is 0.265 e. The van der Waals surface area contributed by atoms with Gasteiger partial charge in [0.05, 0.1) is 0 Å². The highest BCUT2D eigenvalue weighted by Crippen LogP contribution is 2.41. The van der Waals surface area contributed by atoms with Gasteiger partial charge in [-0.15, -0.1) is 0 Å². The average Bonchev–Trinajstić information content (AvgIpc) is 3.00. The van der Waals surface area contributed by atoms with Crippen LogP contribution in [0.5, 0.6) is 0 Å². The SMILES string of the molecule is Cc1cc(CC2=CSC(c3cc4c(cc3C)CCCCC4)=CC2C)c(C)cc1CC[N+](=O)[O-]. The Morgan fingerprint density at radius 3 is 2.30 bits per heavy atom. The standard InChI is InChI=1S/C29H35NO2S/c1-19-13-26(20(2)12-23(19)10-11-30(31)32)16-27-18-33-29(15-21(27)3)28-17-25-9-7-5-6-8-24(25)14-22(28)4/h12-15,17-18,21H,5-11,16H2,1-4H3. The third-order valence-corrected chi connectivity index (χ3v) is 8.31. The average molecular weight is 462 g/mol. The van der Waals surface area contributed by atoms with E-state index in [1.807, 2.05) is 11.8 Å². The van der Waals surface area contributed by atoms with Crippen LogP contribution >= 0.6 is 11.8 Å². The zero-order valence-electron chi connectivity index (χ0n) is 20.4. The number of nitro groups is 1. The van der Waals surface area contributed by atoms with Crippen LogP contribution in [-0.2, 0) is 25.7 Å². The molecule has 0 radical (unpaired) electrons. The lowest BCUT2D eigenvalue weighted by molar-refractivity contribution is -0.479. The maximum absolute atomic E-state index is 10.8. The number of fused-ring (bicyclic) bond motifs is 1. The van der Waals surface area contributed by atoms with Crippen molar-refractivity contribution in [1.82, 2.24) is 0 Å². The van der Waals surface area contributed by atoms with Crippen molar-refractivity contribution in [2.45, 2.75) is 72.6 Å². The van der Waals surface area contributed by atoms with Gasteiger partial charge in [0.25, 0.3) is 0 Å². The second-order valence-electron chi connectivity index (χ2n) is 9.82. The smallest absolute Gasteiger partial charge is 0.207 e. The van der Waals surface area contributed by atoms with Gasteiger partial charge in [-0.2, -0.15) is 0 Å². The molecule has 33 heavy (non-hydrogen) atoms. The molecular formula is C29H35NO2S. The first kappa shape index (κ1) is 23.8. The minimum atomic E-state index is -0.232. The molecule has 0 amide bonds. The van der Waals surface area contributed by atoms with Gasteiger partial charge in [-0.05, 0) is 109 Å². The topological polar surface area (TPSA) is 43.1 Å². The minimum Gasteiger partial charge on any atom is -0.265 e. The van der Waals surface area contributed by atoms with Gasteiger partial charge in [-0.25, -0.2) is 0 Å². The van der Waals surface area contributed by atoms with Gasteiger partial charge in [-0.3, -0.25) is 10.1 Å². The molecule has 0 spiro atoms. The lowest BCUT2D eigenvalue weighted by atomic mass is 9.89. The molecule has 2 aromatic rings. The fourth-order valence-electron chi connectivity index (χ4n) is 5.15. The van der Waals surface area contributed by atoms with Crippen molar-refractivity contribution in [3.63, 3.8) is 0 Å². The summed E-state index contributed by atoms with van der Waals surface area (Å²) in [5, 5.41) is 13.1. The molecule has 4 heteroatoms. The summed E-state index contributed by atoms with van der Waals surface area (Å²) in [6.45, 7) is 8.77. The predicted molar refractivity (Wildman–Crippen MR) is 140 cm³/mol. The van der Waals surface area contributed by atoms with E-state index >= 15 is 0 Å². The van der Waals surface area contributed by atoms with Crippen molar-refractivity contribution in [1.29, 1.82) is 0 Å². The molecule has 2 aromatic carbocycles. The maximum Gasteiger partial charge on any atom is 0.207 e. The van der Waals surface area contributed by atoms with Gasteiger partial charge < -0.3 is 0 Å². The van der Waals surface area contributed by atoms with Crippen LogP contribution in [0.4, 0.5) is 0 Å². The fraction of sp³-hybridized carbons (Fsp3) is 0.448. The lowest BCUT2D eigenvalue weighted by Crippen LogP contribution is -2.08. The third kappa shape index (κ3) is 5.60. The van der Waals surface area contributed by atoms with Crippen LogP contribution in [0.2, 0.25) is 0 Å². The molecular weight excluding hydrogens is 426 g/mol. The van der Waals surface area contributed by atoms with Crippen LogP contribution < -0.4 is 0 Å². The van der Waals surface area contributed by atoms with Crippen LogP contribution in [0.15, 0.2) is 41.3 Å². The zero-order chi connectivity index (χ0) is 23.5. The first-order valence-corrected chi connectivity index (χ1v) is 13.1. The van der Waals surface area contributed by atoms with E-state index < -0.39 is 0 Å². The summed E-state index contributed by atoms with van der Waals surface area (Å²) in [5.74, 6) is 0.397. The van der Waals surface area contributed by atoms with E-state index in [1.165, 1.54) is 64.8 Å². The Bertz CT molecular complexity index is 1130. The second-order valence-corrected chi connectivity index (χ2v) is 10.7. The number of rotatable bonds is 6. The zero-order valence-corrected chi connectivity index (χ0v) is 21.2. The summed E-state index contributed by atoms with van der Waals surface area (Å²) >= 11 is 1.87. The van der Waals surface area contributed by atoms with Gasteiger partial charge in [-0.1, -0.05) is 61.0 Å². The molecule has 0 saturated heterocycles. The van der Waals surface area contributed by atoms with E-state index in [0.717, 1.165) is 17.5 Å². The quantitative estimate of drug-likeness (QED) is 0.253. The number of hydrogen-bond donors (Lipinski definition) is 0. The molecule has 1 heterocycles. The predicted octanol–water partition coefficient (Wildman–Crippen LogP) is 7.55. The highest BCUT2D eigenvalue weighted by Gasteiger charge is 2.19. The molecule has 0 aromatic heterocycles. The maximum atomic E-state index is 10.8. The molecule has 1 atom stereocenters. The Kier molecular flexibility index (Phi) is 7.43. The lowest BCUT2D eigenvalue weighted by Gasteiger charge is -2.23. The van der Waals surface area contributed by atoms with Crippen molar-refractivity contribution in [3.05, 3.63) is 95.9 Å². The molecule has 3 nitrogen and oxygen atoms in total. The summed E-state index contributed by atoms with van der Waals surface area (Å²) in [6, 6.07) is 9.29. The van der Waals surface area contributed by atoms with Gasteiger partial charge in [0.1, 0.15) is 0 Å². The molecule has 1 aliphatic heterocycles. The molecule has 4 rings (SSSR count). The van der Waals surface area contributed by atoms with Crippen LogP contribution in [0.3, 0.4) is 0 Å². The molecule has 0 bridgehead atoms. The summed E-state index contributed by atoms with van der Waals surface area (Å²) in [4.78, 5) is 11.9. The molecule has 0 fully saturated rings. The van der Waals surface area contributed by atoms with Crippen LogP contribution in [0, 0.1) is 36.8 Å². The third-order valence-electron chi connectivity index (χ3n) is 7.28. The minimum absolute atomic E-state index is 0.00582. The van der Waals surface area contributed by atoms with E-state index in [9.17, 15) is 10.1 Å². The summed E-state index contributed by atoms with van der Waals surface area (Å²) < 4.78 is 0. The van der Waals surface area contributed by atoms with E-state index in [4.69, 9.17) is 0 Å². The Balaban J connectivity index is 1.51. The van der Waals surface area contributed by atoms with Gasteiger partial charge in [0.15, 0.2) is 0 Å². The molecule has 174 valence electrons. The first-order chi connectivity index (χ1) is 15.8. The van der Waals surface area contributed by atoms with E-state index in [-0.39, 0.29) is 11.5 Å². The van der Waals surface area contributed by atoms with Crippen LogP contribution in [0.25, 0.3) is 4.91 Å². The fourth-order valence-corrected chi connectivity index (χ4v) is 6.36. The van der Waals surface area contributed by atoms with Crippen molar-refractivity contribution in [2.75, 3.05) is 6.54 Å². The van der Waals surface area contributed by atoms with Crippen molar-refractivity contribution >= 4 is 16.7 Å². The van der Waals surface area contributed by atoms with E-state index in [0.29, 0.717) is 12.3 Å². The number of aryl methyl sites for hydroxylation is 5. The monoisotopic (exact) mass is 461 g/mol. The molecule has 1 aliphatic carbocycles. The number of hydrogen-bond acceptors (Lipinski definition) is 3. The second kappa shape index (κ2) is 10.3. The number of nitrogens with zero attached hydrogens (tertiary/aromatic N) is 1. The van der Waals surface area contributed by atoms with E-state index in [1.54, 1.807) is 11.1 Å². The van der Waals surface area contributed by atoms with Crippen molar-refractivity contribution in [3.8, 4) is 0 Å². The molecule has 2 aliphatic rings. The van der Waals surface area contributed by atoms with Crippen molar-refractivity contribution in [2.24, 2.45) is 5.92 Å². The summed E-state index contributed by atoms with van der Waals surface area (Å²) in [5.41, 5.74) is 12.2. The Morgan fingerprint density at radius 1 is 0.939 bits per heavy atom. The number of allylic oxidation sites excluding steroid dienone is 2. The number of thioether (sulfide) groups is 1. The number of benzene rings is 2. The first-order valence-electron chi connectivity index (χ1n) is 12.2. The van der Waals surface area contributed by atoms with Gasteiger partial charge in [0, 0.05) is 16.2 Å². The Hall–Kier alpha value is -2.33. The van der Waals surface area contributed by atoms with Crippen LogP contribution in [-0.4, -0.2) is 11.5 Å². The Labute approximate surface area is 202 Å². The van der Waals surface area contributed by atoms with E-state index in [2.05, 4.69) is 63.4 Å². The summed E-state index contributed by atoms with van der Waals surface area (Å²) in [7, 11) is 0. The highest BCUT2D eigenvalue weighted by molar-refractivity contribution is 8.11. The molecule has 0 N–H and O–H groups in total. The van der Waals surface area contributed by atoms with Crippen molar-refractivity contribution < 1.29 is 4.92 Å². The van der Waals surface area contributed by atoms with Crippen LogP contribution in [0.1, 0.15) is 70.7 Å². The van der Waals surface area contributed by atoms with Gasteiger partial charge >= 0.3 is 0 Å². The normalized spacial score (nSPS) is 18.2.